The Kier molecular flexibility index (Phi) is 8.82. The second-order valence-corrected chi connectivity index (χ2v) is 10.4. The van der Waals surface area contributed by atoms with E-state index in [4.69, 9.17) is 32.6 Å². The Morgan fingerprint density at radius 1 is 1.28 bits per heavy atom. The third-order valence-electron chi connectivity index (χ3n) is 7.52. The molecule has 8 nitrogen and oxygen atoms in total. The fourth-order valence-electron chi connectivity index (χ4n) is 5.38. The van der Waals surface area contributed by atoms with Crippen LogP contribution < -0.4 is 11.1 Å². The van der Waals surface area contributed by atoms with Gasteiger partial charge in [-0.15, -0.1) is 0 Å². The number of allylic oxidation sites excluding steroid dienone is 1. The number of morpholine rings is 1. The second-order valence-electron chi connectivity index (χ2n) is 9.97. The molecule has 9 heteroatoms. The first-order valence-electron chi connectivity index (χ1n) is 12.7. The standard InChI is InChI=1S/C27H37ClN6O2/c1-18-13-26(32-33(18)2)20-5-9-22(10-6-20)34-16-24(15-31-27(35)25(30)11-12-29)36-17-23(34)14-19-3-7-21(28)8-4-19/h3-4,7-8,11-13,20,22-24,29H,5-6,9-10,14-17,30H2,1-2H3,(H,31,35). The van der Waals surface area contributed by atoms with E-state index in [1.807, 2.05) is 23.9 Å². The highest BCUT2D eigenvalue weighted by Crippen LogP contribution is 2.36. The maximum atomic E-state index is 12.2. The number of carbonyl (C=O) groups excluding carboxylic acids is 1. The van der Waals surface area contributed by atoms with E-state index in [0.717, 1.165) is 49.9 Å². The molecule has 194 valence electrons. The largest absolute Gasteiger partial charge is 0.394 e. The molecule has 1 saturated carbocycles. The van der Waals surface area contributed by atoms with E-state index in [9.17, 15) is 4.79 Å². The van der Waals surface area contributed by atoms with Gasteiger partial charge >= 0.3 is 0 Å². The van der Waals surface area contributed by atoms with Gasteiger partial charge in [0.1, 0.15) is 0 Å². The van der Waals surface area contributed by atoms with Crippen molar-refractivity contribution in [2.45, 2.75) is 63.1 Å². The van der Waals surface area contributed by atoms with Crippen molar-refractivity contribution < 1.29 is 9.53 Å². The van der Waals surface area contributed by atoms with Crippen LogP contribution in [-0.2, 0) is 23.0 Å². The molecule has 2 atom stereocenters. The summed E-state index contributed by atoms with van der Waals surface area (Å²) >= 11 is 6.10. The number of nitrogens with zero attached hydrogens (tertiary/aromatic N) is 3. The molecule has 2 aromatic rings. The van der Waals surface area contributed by atoms with Gasteiger partial charge in [0.05, 0.1) is 24.1 Å². The summed E-state index contributed by atoms with van der Waals surface area (Å²) in [6.45, 7) is 3.85. The lowest BCUT2D eigenvalue weighted by molar-refractivity contribution is -0.120. The summed E-state index contributed by atoms with van der Waals surface area (Å²) in [5.74, 6) is 0.138. The van der Waals surface area contributed by atoms with Crippen molar-refractivity contribution in [1.82, 2.24) is 20.0 Å². The number of halogens is 1. The molecule has 1 saturated heterocycles. The molecule has 1 aliphatic carbocycles. The highest BCUT2D eigenvalue weighted by molar-refractivity contribution is 6.30. The molecule has 2 unspecified atom stereocenters. The van der Waals surface area contributed by atoms with Gasteiger partial charge in [0.2, 0.25) is 0 Å². The molecule has 1 aromatic heterocycles. The zero-order chi connectivity index (χ0) is 25.7. The number of ether oxygens (including phenoxy) is 1. The van der Waals surface area contributed by atoms with E-state index in [-0.39, 0.29) is 23.8 Å². The number of nitrogens with one attached hydrogen (secondary N) is 2. The number of nitrogens with two attached hydrogens (primary N) is 1. The molecule has 2 fully saturated rings. The van der Waals surface area contributed by atoms with Gasteiger partial charge in [-0.05, 0) is 68.9 Å². The van der Waals surface area contributed by atoms with Crippen LogP contribution in [0.4, 0.5) is 0 Å². The minimum absolute atomic E-state index is 0.0290. The minimum Gasteiger partial charge on any atom is -0.394 e. The van der Waals surface area contributed by atoms with Gasteiger partial charge in [-0.2, -0.15) is 5.10 Å². The highest BCUT2D eigenvalue weighted by Gasteiger charge is 2.36. The summed E-state index contributed by atoms with van der Waals surface area (Å²) in [4.78, 5) is 14.8. The lowest BCUT2D eigenvalue weighted by Crippen LogP contribution is -2.57. The van der Waals surface area contributed by atoms with Crippen LogP contribution in [0.5, 0.6) is 0 Å². The van der Waals surface area contributed by atoms with E-state index >= 15 is 0 Å². The summed E-state index contributed by atoms with van der Waals surface area (Å²) in [6.07, 6.45) is 7.56. The van der Waals surface area contributed by atoms with Crippen LogP contribution in [-0.4, -0.2) is 64.7 Å². The van der Waals surface area contributed by atoms with Gasteiger partial charge < -0.3 is 21.2 Å². The van der Waals surface area contributed by atoms with E-state index < -0.39 is 0 Å². The molecule has 1 aliphatic heterocycles. The first kappa shape index (κ1) is 26.4. The van der Waals surface area contributed by atoms with Crippen molar-refractivity contribution in [2.75, 3.05) is 19.7 Å². The minimum atomic E-state index is -0.372. The van der Waals surface area contributed by atoms with Crippen LogP contribution in [0.15, 0.2) is 42.1 Å². The molecule has 1 amide bonds. The quantitative estimate of drug-likeness (QED) is 0.371. The number of hydrogen-bond donors (Lipinski definition) is 3. The van der Waals surface area contributed by atoms with Gasteiger partial charge in [0, 0.05) is 55.1 Å². The highest BCUT2D eigenvalue weighted by atomic mass is 35.5. The summed E-state index contributed by atoms with van der Waals surface area (Å²) in [5, 5.41) is 15.4. The monoisotopic (exact) mass is 512 g/mol. The molecular formula is C27H37ClN6O2. The van der Waals surface area contributed by atoms with Crippen molar-refractivity contribution in [3.8, 4) is 0 Å². The van der Waals surface area contributed by atoms with Crippen molar-refractivity contribution in [3.05, 3.63) is 64.1 Å². The van der Waals surface area contributed by atoms with Crippen LogP contribution in [0, 0.1) is 12.3 Å². The van der Waals surface area contributed by atoms with Crippen molar-refractivity contribution in [1.29, 1.82) is 5.41 Å². The third-order valence-corrected chi connectivity index (χ3v) is 7.78. The Morgan fingerprint density at radius 2 is 2.00 bits per heavy atom. The smallest absolute Gasteiger partial charge is 0.267 e. The molecular weight excluding hydrogens is 476 g/mol. The Morgan fingerprint density at radius 3 is 2.64 bits per heavy atom. The molecule has 2 heterocycles. The zero-order valence-electron chi connectivity index (χ0n) is 21.1. The number of aryl methyl sites for hydroxylation is 2. The first-order valence-corrected chi connectivity index (χ1v) is 13.1. The summed E-state index contributed by atoms with van der Waals surface area (Å²) in [5.41, 5.74) is 9.39. The summed E-state index contributed by atoms with van der Waals surface area (Å²) in [7, 11) is 2.01. The van der Waals surface area contributed by atoms with Gasteiger partial charge in [0.25, 0.3) is 5.91 Å². The number of carbonyl (C=O) groups is 1. The molecule has 2 aliphatic rings. The number of amides is 1. The molecule has 36 heavy (non-hydrogen) atoms. The normalized spacial score (nSPS) is 25.5. The predicted molar refractivity (Wildman–Crippen MR) is 142 cm³/mol. The number of rotatable bonds is 8. The predicted octanol–water partition coefficient (Wildman–Crippen LogP) is 3.33. The van der Waals surface area contributed by atoms with Gasteiger partial charge in [-0.25, -0.2) is 0 Å². The maximum Gasteiger partial charge on any atom is 0.267 e. The summed E-state index contributed by atoms with van der Waals surface area (Å²) < 4.78 is 8.17. The lowest BCUT2D eigenvalue weighted by atomic mass is 9.82. The SMILES string of the molecule is Cc1cc(C2CCC(N3CC(CNC(=O)C(N)=CC=N)OCC3Cc3ccc(Cl)cc3)CC2)nn1C. The number of aromatic nitrogens is 2. The molecule has 4 N–H and O–H groups in total. The fraction of sp³-hybridized carbons (Fsp3) is 0.519. The topological polar surface area (TPSA) is 109 Å². The van der Waals surface area contributed by atoms with Gasteiger partial charge in [-0.3, -0.25) is 14.4 Å². The van der Waals surface area contributed by atoms with Crippen LogP contribution in [0.1, 0.15) is 48.6 Å². The molecule has 0 bridgehead atoms. The number of benzene rings is 1. The fourth-order valence-corrected chi connectivity index (χ4v) is 5.51. The Balaban J connectivity index is 1.42. The third kappa shape index (κ3) is 6.55. The molecule has 4 rings (SSSR count). The van der Waals surface area contributed by atoms with Gasteiger partial charge in [0.15, 0.2) is 0 Å². The second kappa shape index (κ2) is 12.0. The first-order chi connectivity index (χ1) is 17.3. The van der Waals surface area contributed by atoms with Crippen LogP contribution in [0.25, 0.3) is 0 Å². The average molecular weight is 513 g/mol. The van der Waals surface area contributed by atoms with Crippen molar-refractivity contribution in [2.24, 2.45) is 12.8 Å². The van der Waals surface area contributed by atoms with E-state index in [1.165, 1.54) is 23.0 Å². The van der Waals surface area contributed by atoms with E-state index in [0.29, 0.717) is 25.1 Å². The van der Waals surface area contributed by atoms with Gasteiger partial charge in [-0.1, -0.05) is 23.7 Å². The zero-order valence-corrected chi connectivity index (χ0v) is 21.9. The van der Waals surface area contributed by atoms with Crippen molar-refractivity contribution >= 4 is 23.7 Å². The van der Waals surface area contributed by atoms with Crippen LogP contribution in [0.2, 0.25) is 5.02 Å². The van der Waals surface area contributed by atoms with Crippen LogP contribution in [0.3, 0.4) is 0 Å². The molecule has 1 aromatic carbocycles. The lowest BCUT2D eigenvalue weighted by Gasteiger charge is -2.46. The maximum absolute atomic E-state index is 12.2. The van der Waals surface area contributed by atoms with Crippen LogP contribution >= 0.6 is 11.6 Å². The summed E-state index contributed by atoms with van der Waals surface area (Å²) in [6, 6.07) is 11.0. The Bertz CT molecular complexity index is 1050. The van der Waals surface area contributed by atoms with E-state index in [1.54, 1.807) is 0 Å². The van der Waals surface area contributed by atoms with E-state index in [2.05, 4.69) is 35.3 Å². The number of hydrogen-bond acceptors (Lipinski definition) is 6. The Hall–Kier alpha value is -2.68. The molecule has 0 radical (unpaired) electrons. The van der Waals surface area contributed by atoms with Crippen molar-refractivity contribution in [3.63, 3.8) is 0 Å². The molecule has 0 spiro atoms. The average Bonchev–Trinajstić information content (AvgIpc) is 3.22. The Labute approximate surface area is 218 Å².